The molecule has 0 bridgehead atoms. The zero-order chi connectivity index (χ0) is 11.7. The number of aromatic nitrogens is 2. The molecule has 5 nitrogen and oxygen atoms in total. The highest BCUT2D eigenvalue weighted by atomic mass is 16.4. The lowest BCUT2D eigenvalue weighted by molar-refractivity contribution is -0.142. The number of aliphatic carboxylic acids is 1. The lowest BCUT2D eigenvalue weighted by Gasteiger charge is -2.20. The van der Waals surface area contributed by atoms with E-state index in [0.717, 1.165) is 30.6 Å². The first kappa shape index (κ1) is 11.1. The van der Waals surface area contributed by atoms with Crippen LogP contribution in [0, 0.1) is 6.92 Å². The van der Waals surface area contributed by atoms with Crippen LogP contribution in [0.4, 0.5) is 0 Å². The quantitative estimate of drug-likeness (QED) is 0.822. The van der Waals surface area contributed by atoms with E-state index in [0.29, 0.717) is 6.54 Å². The number of hydrogen-bond donors (Lipinski definition) is 1. The van der Waals surface area contributed by atoms with Crippen LogP contribution in [0.5, 0.6) is 0 Å². The number of rotatable bonds is 3. The van der Waals surface area contributed by atoms with E-state index in [2.05, 4.69) is 5.10 Å². The third-order valence-electron chi connectivity index (χ3n) is 3.36. The van der Waals surface area contributed by atoms with Crippen molar-refractivity contribution in [2.75, 3.05) is 6.54 Å². The maximum absolute atomic E-state index is 11.0. The third kappa shape index (κ3) is 1.95. The highest BCUT2D eigenvalue weighted by molar-refractivity contribution is 5.73. The number of hydrogen-bond acceptors (Lipinski definition) is 3. The zero-order valence-corrected chi connectivity index (χ0v) is 9.68. The number of carboxylic acids is 1. The van der Waals surface area contributed by atoms with Crippen molar-refractivity contribution < 1.29 is 9.90 Å². The Balaban J connectivity index is 2.09. The summed E-state index contributed by atoms with van der Waals surface area (Å²) in [6, 6.07) is -0.320. The normalized spacial score (nSPS) is 21.5. The SMILES string of the molecule is Cc1c(CN2CCC[C@H]2C(=O)O)cnn1C. The molecule has 0 spiro atoms. The summed E-state index contributed by atoms with van der Waals surface area (Å²) >= 11 is 0. The van der Waals surface area contributed by atoms with Crippen LogP contribution in [0.25, 0.3) is 0 Å². The first-order chi connectivity index (χ1) is 7.59. The molecule has 1 aromatic rings. The molecule has 1 fully saturated rings. The molecule has 1 aromatic heterocycles. The van der Waals surface area contributed by atoms with Crippen LogP contribution >= 0.6 is 0 Å². The Kier molecular flexibility index (Phi) is 2.96. The van der Waals surface area contributed by atoms with Gasteiger partial charge in [-0.25, -0.2) is 0 Å². The van der Waals surface area contributed by atoms with Crippen LogP contribution in [0.2, 0.25) is 0 Å². The number of carboxylic acid groups (broad SMARTS) is 1. The predicted octanol–water partition coefficient (Wildman–Crippen LogP) is 0.778. The van der Waals surface area contributed by atoms with Crippen molar-refractivity contribution in [2.24, 2.45) is 7.05 Å². The fourth-order valence-electron chi connectivity index (χ4n) is 2.21. The molecule has 16 heavy (non-hydrogen) atoms. The van der Waals surface area contributed by atoms with E-state index in [1.807, 2.05) is 29.7 Å². The molecule has 1 atom stereocenters. The van der Waals surface area contributed by atoms with Gasteiger partial charge in [0.05, 0.1) is 6.20 Å². The Labute approximate surface area is 94.7 Å². The van der Waals surface area contributed by atoms with Gasteiger partial charge in [-0.15, -0.1) is 0 Å². The fraction of sp³-hybridized carbons (Fsp3) is 0.636. The second kappa shape index (κ2) is 4.25. The average molecular weight is 223 g/mol. The molecule has 2 heterocycles. The molecule has 5 heteroatoms. The molecule has 0 amide bonds. The van der Waals surface area contributed by atoms with Crippen molar-refractivity contribution in [3.05, 3.63) is 17.5 Å². The molecule has 0 unspecified atom stereocenters. The van der Waals surface area contributed by atoms with E-state index < -0.39 is 5.97 Å². The molecule has 1 saturated heterocycles. The Morgan fingerprint density at radius 2 is 2.44 bits per heavy atom. The summed E-state index contributed by atoms with van der Waals surface area (Å²) < 4.78 is 1.82. The number of nitrogens with zero attached hydrogens (tertiary/aromatic N) is 3. The molecule has 1 aliphatic rings. The first-order valence-corrected chi connectivity index (χ1v) is 5.54. The van der Waals surface area contributed by atoms with E-state index in [9.17, 15) is 4.79 Å². The lowest BCUT2D eigenvalue weighted by Crippen LogP contribution is -2.35. The second-order valence-corrected chi connectivity index (χ2v) is 4.35. The molecule has 2 rings (SSSR count). The summed E-state index contributed by atoms with van der Waals surface area (Å²) in [6.07, 6.45) is 3.55. The highest BCUT2D eigenvalue weighted by Crippen LogP contribution is 2.21. The summed E-state index contributed by atoms with van der Waals surface area (Å²) in [5, 5.41) is 13.2. The van der Waals surface area contributed by atoms with Crippen molar-refractivity contribution in [1.29, 1.82) is 0 Å². The van der Waals surface area contributed by atoms with E-state index in [4.69, 9.17) is 5.11 Å². The van der Waals surface area contributed by atoms with Crippen LogP contribution < -0.4 is 0 Å². The van der Waals surface area contributed by atoms with Gasteiger partial charge in [0.1, 0.15) is 6.04 Å². The molecule has 1 aliphatic heterocycles. The minimum Gasteiger partial charge on any atom is -0.480 e. The molecular weight excluding hydrogens is 206 g/mol. The Bertz CT molecular complexity index is 400. The summed E-state index contributed by atoms with van der Waals surface area (Å²) in [4.78, 5) is 13.1. The van der Waals surface area contributed by atoms with Gasteiger partial charge in [-0.3, -0.25) is 14.4 Å². The molecule has 1 N–H and O–H groups in total. The van der Waals surface area contributed by atoms with Crippen LogP contribution in [-0.2, 0) is 18.4 Å². The Hall–Kier alpha value is -1.36. The molecule has 0 aliphatic carbocycles. The van der Waals surface area contributed by atoms with Crippen molar-refractivity contribution in [1.82, 2.24) is 14.7 Å². The van der Waals surface area contributed by atoms with Gasteiger partial charge in [-0.05, 0) is 26.3 Å². The Morgan fingerprint density at radius 1 is 1.69 bits per heavy atom. The van der Waals surface area contributed by atoms with Gasteiger partial charge in [0.2, 0.25) is 0 Å². The molecule has 88 valence electrons. The molecule has 0 radical (unpaired) electrons. The van der Waals surface area contributed by atoms with Gasteiger partial charge in [0.15, 0.2) is 0 Å². The van der Waals surface area contributed by atoms with Crippen LogP contribution in [0.15, 0.2) is 6.20 Å². The van der Waals surface area contributed by atoms with Crippen molar-refractivity contribution in [3.8, 4) is 0 Å². The van der Waals surface area contributed by atoms with Gasteiger partial charge in [0.25, 0.3) is 0 Å². The van der Waals surface area contributed by atoms with E-state index in [1.54, 1.807) is 0 Å². The summed E-state index contributed by atoms with van der Waals surface area (Å²) in [6.45, 7) is 3.57. The molecular formula is C11H17N3O2. The summed E-state index contributed by atoms with van der Waals surface area (Å²) in [7, 11) is 1.90. The van der Waals surface area contributed by atoms with Crippen molar-refractivity contribution in [2.45, 2.75) is 32.4 Å². The van der Waals surface area contributed by atoms with Crippen LogP contribution in [-0.4, -0.2) is 38.3 Å². The first-order valence-electron chi connectivity index (χ1n) is 5.54. The average Bonchev–Trinajstić information content (AvgIpc) is 2.80. The maximum Gasteiger partial charge on any atom is 0.320 e. The summed E-state index contributed by atoms with van der Waals surface area (Å²) in [5.41, 5.74) is 2.23. The third-order valence-corrected chi connectivity index (χ3v) is 3.36. The monoisotopic (exact) mass is 223 g/mol. The fourth-order valence-corrected chi connectivity index (χ4v) is 2.21. The van der Waals surface area contributed by atoms with E-state index in [-0.39, 0.29) is 6.04 Å². The van der Waals surface area contributed by atoms with Crippen molar-refractivity contribution in [3.63, 3.8) is 0 Å². The van der Waals surface area contributed by atoms with Gasteiger partial charge >= 0.3 is 5.97 Å². The smallest absolute Gasteiger partial charge is 0.320 e. The number of aryl methyl sites for hydroxylation is 1. The molecule has 0 saturated carbocycles. The summed E-state index contributed by atoms with van der Waals surface area (Å²) in [5.74, 6) is -0.709. The maximum atomic E-state index is 11.0. The van der Waals surface area contributed by atoms with Gasteiger partial charge in [-0.2, -0.15) is 5.10 Å². The van der Waals surface area contributed by atoms with Gasteiger partial charge in [0, 0.05) is 24.8 Å². The number of likely N-dealkylation sites (tertiary alicyclic amines) is 1. The van der Waals surface area contributed by atoms with E-state index >= 15 is 0 Å². The second-order valence-electron chi connectivity index (χ2n) is 4.35. The minimum atomic E-state index is -0.709. The van der Waals surface area contributed by atoms with Gasteiger partial charge in [-0.1, -0.05) is 0 Å². The van der Waals surface area contributed by atoms with Crippen LogP contribution in [0.3, 0.4) is 0 Å². The Morgan fingerprint density at radius 3 is 3.00 bits per heavy atom. The van der Waals surface area contributed by atoms with Crippen LogP contribution in [0.1, 0.15) is 24.1 Å². The van der Waals surface area contributed by atoms with Gasteiger partial charge < -0.3 is 5.11 Å². The largest absolute Gasteiger partial charge is 0.480 e. The predicted molar refractivity (Wildman–Crippen MR) is 59.0 cm³/mol. The lowest BCUT2D eigenvalue weighted by atomic mass is 10.2. The number of carbonyl (C=O) groups is 1. The highest BCUT2D eigenvalue weighted by Gasteiger charge is 2.30. The topological polar surface area (TPSA) is 58.4 Å². The standard InChI is InChI=1S/C11H17N3O2/c1-8-9(6-12-13(8)2)7-14-5-3-4-10(14)11(15)16/h6,10H,3-5,7H2,1-2H3,(H,15,16)/t10-/m0/s1. The molecule has 0 aromatic carbocycles. The van der Waals surface area contributed by atoms with Crippen molar-refractivity contribution >= 4 is 5.97 Å². The minimum absolute atomic E-state index is 0.320. The zero-order valence-electron chi connectivity index (χ0n) is 9.68. The van der Waals surface area contributed by atoms with E-state index in [1.165, 1.54) is 0 Å².